The maximum atomic E-state index is 11.7. The number of nitrogens with one attached hydrogen (secondary N) is 1. The van der Waals surface area contributed by atoms with E-state index in [-0.39, 0.29) is 5.91 Å². The molecule has 1 aromatic carbocycles. The van der Waals surface area contributed by atoms with Gasteiger partial charge in [-0.15, -0.1) is 0 Å². The SMILES string of the molecule is COC(=O)C(Cn1ccc2ccc(Br)cc21)NC(C)=O. The molecule has 106 valence electrons. The Kier molecular flexibility index (Phi) is 4.44. The fraction of sp³-hybridized carbons (Fsp3) is 0.286. The third-order valence-electron chi connectivity index (χ3n) is 2.98. The number of benzene rings is 1. The van der Waals surface area contributed by atoms with E-state index in [0.29, 0.717) is 6.54 Å². The highest BCUT2D eigenvalue weighted by atomic mass is 79.9. The van der Waals surface area contributed by atoms with Crippen LogP contribution in [0.1, 0.15) is 6.92 Å². The maximum absolute atomic E-state index is 11.7. The molecule has 2 rings (SSSR count). The van der Waals surface area contributed by atoms with Crippen LogP contribution in [0.2, 0.25) is 0 Å². The lowest BCUT2D eigenvalue weighted by atomic mass is 10.2. The highest BCUT2D eigenvalue weighted by Crippen LogP contribution is 2.21. The van der Waals surface area contributed by atoms with Crippen LogP contribution >= 0.6 is 15.9 Å². The molecule has 0 fully saturated rings. The molecule has 6 heteroatoms. The summed E-state index contributed by atoms with van der Waals surface area (Å²) in [6.45, 7) is 1.70. The van der Waals surface area contributed by atoms with Crippen LogP contribution in [0.4, 0.5) is 0 Å². The summed E-state index contributed by atoms with van der Waals surface area (Å²) in [7, 11) is 1.31. The van der Waals surface area contributed by atoms with E-state index in [1.165, 1.54) is 14.0 Å². The largest absolute Gasteiger partial charge is 0.467 e. The van der Waals surface area contributed by atoms with Crippen LogP contribution in [0.25, 0.3) is 10.9 Å². The van der Waals surface area contributed by atoms with Gasteiger partial charge in [-0.2, -0.15) is 0 Å². The smallest absolute Gasteiger partial charge is 0.330 e. The van der Waals surface area contributed by atoms with Crippen LogP contribution in [0, 0.1) is 0 Å². The molecule has 20 heavy (non-hydrogen) atoms. The molecule has 0 aliphatic heterocycles. The summed E-state index contributed by atoms with van der Waals surface area (Å²) < 4.78 is 7.59. The zero-order valence-corrected chi connectivity index (χ0v) is 12.8. The Bertz CT molecular complexity index is 651. The molecule has 0 radical (unpaired) electrons. The van der Waals surface area contributed by atoms with E-state index in [9.17, 15) is 9.59 Å². The van der Waals surface area contributed by atoms with Crippen LogP contribution < -0.4 is 5.32 Å². The summed E-state index contributed by atoms with van der Waals surface area (Å²) >= 11 is 3.43. The predicted molar refractivity (Wildman–Crippen MR) is 79.3 cm³/mol. The number of methoxy groups -OCH3 is 1. The van der Waals surface area contributed by atoms with Gasteiger partial charge in [-0.1, -0.05) is 22.0 Å². The van der Waals surface area contributed by atoms with E-state index in [1.54, 1.807) is 0 Å². The number of rotatable bonds is 4. The van der Waals surface area contributed by atoms with E-state index < -0.39 is 12.0 Å². The van der Waals surface area contributed by atoms with Gasteiger partial charge in [-0.3, -0.25) is 4.79 Å². The summed E-state index contributed by atoms with van der Waals surface area (Å²) in [4.78, 5) is 22.9. The normalized spacial score (nSPS) is 12.2. The van der Waals surface area contributed by atoms with Gasteiger partial charge in [0.25, 0.3) is 0 Å². The lowest BCUT2D eigenvalue weighted by molar-refractivity contribution is -0.145. The molecule has 0 saturated heterocycles. The first-order valence-corrected chi connectivity index (χ1v) is 6.90. The Morgan fingerprint density at radius 3 is 2.80 bits per heavy atom. The second-order valence-electron chi connectivity index (χ2n) is 4.45. The minimum atomic E-state index is -0.702. The summed E-state index contributed by atoms with van der Waals surface area (Å²) in [6.07, 6.45) is 1.88. The molecule has 1 aromatic heterocycles. The Morgan fingerprint density at radius 1 is 1.40 bits per heavy atom. The van der Waals surface area contributed by atoms with E-state index >= 15 is 0 Å². The number of fused-ring (bicyclic) bond motifs is 1. The Labute approximate surface area is 125 Å². The second-order valence-corrected chi connectivity index (χ2v) is 5.36. The molecule has 0 spiro atoms. The third kappa shape index (κ3) is 3.19. The molecule has 1 N–H and O–H groups in total. The van der Waals surface area contributed by atoms with Crippen molar-refractivity contribution >= 4 is 38.7 Å². The van der Waals surface area contributed by atoms with Crippen molar-refractivity contribution in [2.24, 2.45) is 0 Å². The van der Waals surface area contributed by atoms with Crippen molar-refractivity contribution in [2.45, 2.75) is 19.5 Å². The lowest BCUT2D eigenvalue weighted by Crippen LogP contribution is -2.43. The topological polar surface area (TPSA) is 60.3 Å². The standard InChI is InChI=1S/C14H15BrN2O3/c1-9(18)16-12(14(19)20-2)8-17-6-5-10-3-4-11(15)7-13(10)17/h3-7,12H,8H2,1-2H3,(H,16,18). The van der Waals surface area contributed by atoms with Gasteiger partial charge in [0.1, 0.15) is 6.04 Å². The zero-order chi connectivity index (χ0) is 14.7. The number of amides is 1. The molecule has 0 bridgehead atoms. The molecular weight excluding hydrogens is 324 g/mol. The molecule has 0 aliphatic rings. The van der Waals surface area contributed by atoms with Gasteiger partial charge < -0.3 is 14.6 Å². The van der Waals surface area contributed by atoms with E-state index in [0.717, 1.165) is 15.4 Å². The van der Waals surface area contributed by atoms with Gasteiger partial charge in [0.15, 0.2) is 0 Å². The third-order valence-corrected chi connectivity index (χ3v) is 3.47. The van der Waals surface area contributed by atoms with Crippen LogP contribution in [-0.4, -0.2) is 29.6 Å². The number of carbonyl (C=O) groups excluding carboxylic acids is 2. The summed E-state index contributed by atoms with van der Waals surface area (Å²) in [5, 5.41) is 3.67. The second kappa shape index (κ2) is 6.09. The molecule has 0 aliphatic carbocycles. The van der Waals surface area contributed by atoms with Crippen molar-refractivity contribution in [1.29, 1.82) is 0 Å². The predicted octanol–water partition coefficient (Wildman–Crippen LogP) is 2.08. The monoisotopic (exact) mass is 338 g/mol. The average Bonchev–Trinajstić information content (AvgIpc) is 2.79. The maximum Gasteiger partial charge on any atom is 0.330 e. The minimum Gasteiger partial charge on any atom is -0.467 e. The number of nitrogens with zero attached hydrogens (tertiary/aromatic N) is 1. The van der Waals surface area contributed by atoms with Crippen molar-refractivity contribution in [3.63, 3.8) is 0 Å². The molecule has 5 nitrogen and oxygen atoms in total. The molecular formula is C14H15BrN2O3. The lowest BCUT2D eigenvalue weighted by Gasteiger charge is -2.17. The number of halogens is 1. The number of hydrogen-bond acceptors (Lipinski definition) is 3. The van der Waals surface area contributed by atoms with Gasteiger partial charge in [0.2, 0.25) is 5.91 Å². The van der Waals surface area contributed by atoms with E-state index in [2.05, 4.69) is 21.2 Å². The number of hydrogen-bond donors (Lipinski definition) is 1. The summed E-state index contributed by atoms with van der Waals surface area (Å²) in [5.41, 5.74) is 0.985. The number of aromatic nitrogens is 1. The van der Waals surface area contributed by atoms with Crippen LogP contribution in [0.5, 0.6) is 0 Å². The van der Waals surface area contributed by atoms with Crippen molar-refractivity contribution < 1.29 is 14.3 Å². The highest BCUT2D eigenvalue weighted by molar-refractivity contribution is 9.10. The molecule has 1 amide bonds. The molecule has 1 atom stereocenters. The van der Waals surface area contributed by atoms with Crippen LogP contribution in [0.3, 0.4) is 0 Å². The minimum absolute atomic E-state index is 0.266. The van der Waals surface area contributed by atoms with Crippen molar-refractivity contribution in [1.82, 2.24) is 9.88 Å². The van der Waals surface area contributed by atoms with Gasteiger partial charge in [0.05, 0.1) is 13.7 Å². The summed E-state index contributed by atoms with van der Waals surface area (Å²) in [6, 6.07) is 7.17. The fourth-order valence-corrected chi connectivity index (χ4v) is 2.43. The van der Waals surface area contributed by atoms with Crippen LogP contribution in [0.15, 0.2) is 34.9 Å². The van der Waals surface area contributed by atoms with Crippen molar-refractivity contribution in [3.05, 3.63) is 34.9 Å². The quantitative estimate of drug-likeness (QED) is 0.868. The number of esters is 1. The number of ether oxygens (including phenoxy) is 1. The first kappa shape index (κ1) is 14.6. The molecule has 2 aromatic rings. The first-order chi connectivity index (χ1) is 9.51. The Hall–Kier alpha value is -1.82. The first-order valence-electron chi connectivity index (χ1n) is 6.10. The van der Waals surface area contributed by atoms with Crippen molar-refractivity contribution in [2.75, 3.05) is 7.11 Å². The molecule has 1 unspecified atom stereocenters. The van der Waals surface area contributed by atoms with Gasteiger partial charge >= 0.3 is 5.97 Å². The number of carbonyl (C=O) groups is 2. The van der Waals surface area contributed by atoms with E-state index in [1.807, 2.05) is 35.0 Å². The van der Waals surface area contributed by atoms with Gasteiger partial charge in [0, 0.05) is 23.1 Å². The molecule has 1 heterocycles. The summed E-state index contributed by atoms with van der Waals surface area (Å²) in [5.74, 6) is -0.727. The zero-order valence-electron chi connectivity index (χ0n) is 11.2. The van der Waals surface area contributed by atoms with Crippen molar-refractivity contribution in [3.8, 4) is 0 Å². The van der Waals surface area contributed by atoms with E-state index in [4.69, 9.17) is 4.74 Å². The van der Waals surface area contributed by atoms with Gasteiger partial charge in [-0.25, -0.2) is 4.79 Å². The Morgan fingerprint density at radius 2 is 2.15 bits per heavy atom. The highest BCUT2D eigenvalue weighted by Gasteiger charge is 2.21. The van der Waals surface area contributed by atoms with Crippen LogP contribution in [-0.2, 0) is 20.9 Å². The average molecular weight is 339 g/mol. The fourth-order valence-electron chi connectivity index (χ4n) is 2.08. The molecule has 0 saturated carbocycles. The van der Waals surface area contributed by atoms with Gasteiger partial charge in [-0.05, 0) is 23.6 Å². The Balaban J connectivity index is 2.30.